The molecule has 5 rings (SSSR count). The Balaban J connectivity index is 1.58. The van der Waals surface area contributed by atoms with E-state index in [2.05, 4.69) is 30.9 Å². The zero-order valence-corrected chi connectivity index (χ0v) is 18.6. The fraction of sp³-hybridized carbons (Fsp3) is 0.280. The number of anilines is 2. The summed E-state index contributed by atoms with van der Waals surface area (Å²) in [5.74, 6) is 0.140. The van der Waals surface area contributed by atoms with Crippen LogP contribution in [0.5, 0.6) is 0 Å². The minimum Gasteiger partial charge on any atom is -0.378 e. The molecule has 1 unspecified atom stereocenters. The molecule has 3 N–H and O–H groups in total. The first-order chi connectivity index (χ1) is 16.9. The van der Waals surface area contributed by atoms with Crippen LogP contribution in [0.1, 0.15) is 47.1 Å². The van der Waals surface area contributed by atoms with Gasteiger partial charge in [-0.15, -0.1) is 0 Å². The van der Waals surface area contributed by atoms with E-state index in [9.17, 15) is 18.0 Å². The van der Waals surface area contributed by atoms with E-state index in [4.69, 9.17) is 0 Å². The quantitative estimate of drug-likeness (QED) is 0.461. The molecular formula is C25H23F3N6O. The van der Waals surface area contributed by atoms with Crippen LogP contribution >= 0.6 is 0 Å². The largest absolute Gasteiger partial charge is 0.416 e. The smallest absolute Gasteiger partial charge is 0.378 e. The number of rotatable bonds is 5. The van der Waals surface area contributed by atoms with Crippen LogP contribution in [0.15, 0.2) is 49.2 Å². The van der Waals surface area contributed by atoms with E-state index in [-0.39, 0.29) is 17.4 Å². The normalized spacial score (nSPS) is 18.0. The molecule has 0 saturated carbocycles. The van der Waals surface area contributed by atoms with Crippen LogP contribution in [-0.2, 0) is 11.0 Å². The first-order valence-corrected chi connectivity index (χ1v) is 11.3. The number of benzene rings is 1. The molecule has 1 fully saturated rings. The monoisotopic (exact) mass is 480 g/mol. The molecule has 10 heteroatoms. The molecule has 2 aliphatic heterocycles. The molecule has 4 heterocycles. The third kappa shape index (κ3) is 4.74. The van der Waals surface area contributed by atoms with Crippen molar-refractivity contribution in [1.29, 1.82) is 0 Å². The molecule has 0 spiro atoms. The standard InChI is InChI=1S/C25H23F3N6O/c26-25(27,28)20-10-18(1-2-19(20)15-3-6-29-7-4-15)33-24-23-16(5-8-32-22(23)13-35)9-21(34-24)17-11-30-14-31-12-17/h1-2,5,8-15,22,29,32H,3-4,6-7H2,(H,33,34). The third-order valence-corrected chi connectivity index (χ3v) is 6.33. The van der Waals surface area contributed by atoms with Gasteiger partial charge in [0, 0.05) is 29.2 Å². The van der Waals surface area contributed by atoms with E-state index in [0.717, 1.165) is 17.9 Å². The topological polar surface area (TPSA) is 91.8 Å². The van der Waals surface area contributed by atoms with Crippen LogP contribution in [-0.4, -0.2) is 34.3 Å². The summed E-state index contributed by atoms with van der Waals surface area (Å²) in [7, 11) is 0. The molecule has 0 radical (unpaired) electrons. The van der Waals surface area contributed by atoms with Gasteiger partial charge in [-0.25, -0.2) is 15.0 Å². The summed E-state index contributed by atoms with van der Waals surface area (Å²) in [6.45, 7) is 1.39. The zero-order chi connectivity index (χ0) is 24.4. The molecule has 0 amide bonds. The lowest BCUT2D eigenvalue weighted by Gasteiger charge is -2.27. The van der Waals surface area contributed by atoms with Crippen molar-refractivity contribution in [3.63, 3.8) is 0 Å². The van der Waals surface area contributed by atoms with E-state index in [1.807, 2.05) is 0 Å². The highest BCUT2D eigenvalue weighted by molar-refractivity contribution is 5.80. The van der Waals surface area contributed by atoms with Gasteiger partial charge in [0.05, 0.1) is 11.3 Å². The summed E-state index contributed by atoms with van der Waals surface area (Å²) < 4.78 is 42.2. The van der Waals surface area contributed by atoms with Gasteiger partial charge in [-0.05, 0) is 73.5 Å². The number of alkyl halides is 3. The van der Waals surface area contributed by atoms with Crippen LogP contribution in [0.2, 0.25) is 0 Å². The molecule has 1 saturated heterocycles. The number of fused-ring (bicyclic) bond motifs is 1. The van der Waals surface area contributed by atoms with Crippen molar-refractivity contribution in [2.24, 2.45) is 0 Å². The number of nitrogens with one attached hydrogen (secondary N) is 3. The SMILES string of the molecule is O=CC1NC=Cc2cc(-c3cncnc3)nc(Nc3ccc(C4CCNCC4)c(C(F)(F)F)c3)c21. The highest BCUT2D eigenvalue weighted by Gasteiger charge is 2.36. The zero-order valence-electron chi connectivity index (χ0n) is 18.6. The predicted octanol–water partition coefficient (Wildman–Crippen LogP) is 4.58. The number of aldehydes is 1. The molecule has 1 aromatic carbocycles. The van der Waals surface area contributed by atoms with Crippen molar-refractivity contribution >= 4 is 23.9 Å². The number of hydrogen-bond donors (Lipinski definition) is 3. The van der Waals surface area contributed by atoms with E-state index in [0.29, 0.717) is 48.3 Å². The van der Waals surface area contributed by atoms with Crippen LogP contribution in [0.3, 0.4) is 0 Å². The molecule has 0 aliphatic carbocycles. The summed E-state index contributed by atoms with van der Waals surface area (Å²) >= 11 is 0. The number of carbonyl (C=O) groups is 1. The Morgan fingerprint density at radius 1 is 1.09 bits per heavy atom. The maximum Gasteiger partial charge on any atom is 0.416 e. The predicted molar refractivity (Wildman–Crippen MR) is 126 cm³/mol. The Labute approximate surface area is 199 Å². The van der Waals surface area contributed by atoms with Crippen molar-refractivity contribution in [2.75, 3.05) is 18.4 Å². The number of nitrogens with zero attached hydrogens (tertiary/aromatic N) is 3. The van der Waals surface area contributed by atoms with Crippen molar-refractivity contribution in [3.8, 4) is 11.3 Å². The first-order valence-electron chi connectivity index (χ1n) is 11.3. The van der Waals surface area contributed by atoms with Gasteiger partial charge in [0.25, 0.3) is 0 Å². The Bertz CT molecular complexity index is 1260. The molecule has 2 aromatic heterocycles. The number of pyridine rings is 1. The molecule has 2 aliphatic rings. The summed E-state index contributed by atoms with van der Waals surface area (Å²) in [5.41, 5.74) is 2.35. The summed E-state index contributed by atoms with van der Waals surface area (Å²) in [6, 6.07) is 5.43. The Kier molecular flexibility index (Phi) is 6.21. The number of piperidine rings is 1. The number of carbonyl (C=O) groups excluding carboxylic acids is 1. The van der Waals surface area contributed by atoms with Gasteiger partial charge >= 0.3 is 6.18 Å². The van der Waals surface area contributed by atoms with E-state index in [1.165, 1.54) is 6.33 Å². The molecule has 3 aromatic rings. The maximum absolute atomic E-state index is 14.1. The van der Waals surface area contributed by atoms with Gasteiger partial charge in [0.2, 0.25) is 0 Å². The van der Waals surface area contributed by atoms with Crippen LogP contribution < -0.4 is 16.0 Å². The summed E-state index contributed by atoms with van der Waals surface area (Å²) in [6.07, 6.45) is 5.60. The molecule has 35 heavy (non-hydrogen) atoms. The fourth-order valence-electron chi connectivity index (χ4n) is 4.65. The highest BCUT2D eigenvalue weighted by Crippen LogP contribution is 2.40. The van der Waals surface area contributed by atoms with Gasteiger partial charge in [-0.2, -0.15) is 13.2 Å². The second-order valence-electron chi connectivity index (χ2n) is 8.55. The molecule has 7 nitrogen and oxygen atoms in total. The van der Waals surface area contributed by atoms with Crippen molar-refractivity contribution in [3.05, 3.63) is 71.4 Å². The van der Waals surface area contributed by atoms with Gasteiger partial charge in [0.1, 0.15) is 24.5 Å². The second kappa shape index (κ2) is 9.46. The fourth-order valence-corrected chi connectivity index (χ4v) is 4.65. The first kappa shape index (κ1) is 23.0. The van der Waals surface area contributed by atoms with Crippen LogP contribution in [0, 0.1) is 0 Å². The van der Waals surface area contributed by atoms with E-state index in [1.54, 1.807) is 42.9 Å². The number of halogens is 3. The lowest BCUT2D eigenvalue weighted by atomic mass is 9.86. The Morgan fingerprint density at radius 2 is 1.86 bits per heavy atom. The van der Waals surface area contributed by atoms with Gasteiger partial charge in [-0.1, -0.05) is 6.07 Å². The summed E-state index contributed by atoms with van der Waals surface area (Å²) in [4.78, 5) is 24.4. The Hall–Kier alpha value is -3.79. The van der Waals surface area contributed by atoms with E-state index >= 15 is 0 Å². The number of hydrogen-bond acceptors (Lipinski definition) is 7. The van der Waals surface area contributed by atoms with E-state index < -0.39 is 17.8 Å². The lowest BCUT2D eigenvalue weighted by Crippen LogP contribution is -2.28. The minimum atomic E-state index is -4.50. The van der Waals surface area contributed by atoms with Gasteiger partial charge in [-0.3, -0.25) is 0 Å². The van der Waals surface area contributed by atoms with Crippen molar-refractivity contribution in [2.45, 2.75) is 31.0 Å². The van der Waals surface area contributed by atoms with Crippen molar-refractivity contribution < 1.29 is 18.0 Å². The average molecular weight is 480 g/mol. The molecule has 0 bridgehead atoms. The minimum absolute atomic E-state index is 0.150. The van der Waals surface area contributed by atoms with Crippen LogP contribution in [0.25, 0.3) is 17.3 Å². The highest BCUT2D eigenvalue weighted by atomic mass is 19.4. The lowest BCUT2D eigenvalue weighted by molar-refractivity contribution is -0.138. The molecule has 180 valence electrons. The van der Waals surface area contributed by atoms with Gasteiger partial charge in [0.15, 0.2) is 0 Å². The number of aromatic nitrogens is 3. The van der Waals surface area contributed by atoms with Gasteiger partial charge < -0.3 is 20.7 Å². The van der Waals surface area contributed by atoms with Crippen LogP contribution in [0.4, 0.5) is 24.7 Å². The molecular weight excluding hydrogens is 457 g/mol. The Morgan fingerprint density at radius 3 is 2.57 bits per heavy atom. The van der Waals surface area contributed by atoms with Crippen molar-refractivity contribution in [1.82, 2.24) is 25.6 Å². The average Bonchev–Trinajstić information content (AvgIpc) is 2.88. The maximum atomic E-state index is 14.1. The molecule has 1 atom stereocenters. The summed E-state index contributed by atoms with van der Waals surface area (Å²) in [5, 5.41) is 9.20. The third-order valence-electron chi connectivity index (χ3n) is 6.33. The second-order valence-corrected chi connectivity index (χ2v) is 8.55.